The largest absolute Gasteiger partial charge is 0.312 e. The molecule has 23 heavy (non-hydrogen) atoms. The van der Waals surface area contributed by atoms with Crippen molar-refractivity contribution >= 4 is 21.6 Å². The normalized spacial score (nSPS) is 17.6. The van der Waals surface area contributed by atoms with Crippen LogP contribution in [0.25, 0.3) is 0 Å². The lowest BCUT2D eigenvalue weighted by Gasteiger charge is -2.22. The maximum Gasteiger partial charge on any atom is 0.243 e. The van der Waals surface area contributed by atoms with Crippen LogP contribution in [0.5, 0.6) is 0 Å². The smallest absolute Gasteiger partial charge is 0.243 e. The molecule has 0 saturated heterocycles. The molecule has 0 radical (unpaired) electrons. The molecule has 0 N–H and O–H groups in total. The zero-order valence-electron chi connectivity index (χ0n) is 13.8. The highest BCUT2D eigenvalue weighted by Gasteiger charge is 2.32. The van der Waals surface area contributed by atoms with E-state index in [1.807, 2.05) is 6.92 Å². The molecule has 1 fully saturated rings. The second kappa shape index (κ2) is 6.24. The van der Waals surface area contributed by atoms with Gasteiger partial charge in [0.25, 0.3) is 0 Å². The maximum atomic E-state index is 12.9. The van der Waals surface area contributed by atoms with Crippen LogP contribution in [0.1, 0.15) is 38.7 Å². The zero-order valence-corrected chi connectivity index (χ0v) is 14.6. The molecule has 2 aliphatic rings. The third kappa shape index (κ3) is 3.28. The van der Waals surface area contributed by atoms with Gasteiger partial charge < -0.3 is 4.90 Å². The van der Waals surface area contributed by atoms with Gasteiger partial charge in [0, 0.05) is 32.2 Å². The van der Waals surface area contributed by atoms with Crippen molar-refractivity contribution in [1.29, 1.82) is 0 Å². The van der Waals surface area contributed by atoms with Gasteiger partial charge in [-0.1, -0.05) is 6.92 Å². The first-order valence-corrected chi connectivity index (χ1v) is 9.78. The number of rotatable bonds is 6. The van der Waals surface area contributed by atoms with Gasteiger partial charge in [-0.05, 0) is 55.4 Å². The molecule has 1 aromatic carbocycles. The summed E-state index contributed by atoms with van der Waals surface area (Å²) in [5, 5.41) is 0. The Morgan fingerprint density at radius 1 is 1.35 bits per heavy atom. The molecule has 0 spiro atoms. The third-order valence-corrected chi connectivity index (χ3v) is 6.46. The fourth-order valence-corrected chi connectivity index (χ4v) is 4.82. The fourth-order valence-electron chi connectivity index (χ4n) is 3.16. The predicted octanol–water partition coefficient (Wildman–Crippen LogP) is 2.41. The van der Waals surface area contributed by atoms with Crippen LogP contribution in [0.3, 0.4) is 0 Å². The lowest BCUT2D eigenvalue weighted by atomic mass is 10.2. The first kappa shape index (κ1) is 16.5. The highest BCUT2D eigenvalue weighted by Crippen LogP contribution is 2.34. The van der Waals surface area contributed by atoms with E-state index in [1.54, 1.807) is 34.3 Å². The Kier molecular flexibility index (Phi) is 4.47. The van der Waals surface area contributed by atoms with Gasteiger partial charge in [-0.2, -0.15) is 4.31 Å². The number of carbonyl (C=O) groups is 1. The average molecular weight is 336 g/mol. The van der Waals surface area contributed by atoms with Crippen molar-refractivity contribution in [2.24, 2.45) is 5.92 Å². The Hall–Kier alpha value is -1.40. The average Bonchev–Trinajstić information content (AvgIpc) is 3.22. The van der Waals surface area contributed by atoms with E-state index in [0.717, 1.165) is 30.5 Å². The van der Waals surface area contributed by atoms with Crippen LogP contribution in [0, 0.1) is 5.92 Å². The number of anilines is 1. The highest BCUT2D eigenvalue weighted by molar-refractivity contribution is 7.89. The molecule has 1 heterocycles. The molecule has 0 aromatic heterocycles. The summed E-state index contributed by atoms with van der Waals surface area (Å²) in [7, 11) is -3.45. The van der Waals surface area contributed by atoms with Crippen LogP contribution in [0.4, 0.5) is 5.69 Å². The molecule has 0 bridgehead atoms. The lowest BCUT2D eigenvalue weighted by molar-refractivity contribution is -0.116. The van der Waals surface area contributed by atoms with Crippen molar-refractivity contribution in [3.63, 3.8) is 0 Å². The van der Waals surface area contributed by atoms with Gasteiger partial charge in [0.15, 0.2) is 0 Å². The SMILES string of the molecule is CCCN(CC1CC1)S(=O)(=O)c1ccc2c(c1)CCN2C(C)=O. The van der Waals surface area contributed by atoms with Gasteiger partial charge in [-0.3, -0.25) is 4.79 Å². The van der Waals surface area contributed by atoms with E-state index >= 15 is 0 Å². The number of hydrogen-bond acceptors (Lipinski definition) is 3. The summed E-state index contributed by atoms with van der Waals surface area (Å²) >= 11 is 0. The second-order valence-electron chi connectivity index (χ2n) is 6.52. The summed E-state index contributed by atoms with van der Waals surface area (Å²) in [5.41, 5.74) is 1.80. The number of nitrogens with zero attached hydrogens (tertiary/aromatic N) is 2. The maximum absolute atomic E-state index is 12.9. The van der Waals surface area contributed by atoms with E-state index in [0.29, 0.717) is 36.9 Å². The summed E-state index contributed by atoms with van der Waals surface area (Å²) in [6, 6.07) is 5.17. The molecule has 1 amide bonds. The van der Waals surface area contributed by atoms with Gasteiger partial charge >= 0.3 is 0 Å². The second-order valence-corrected chi connectivity index (χ2v) is 8.46. The number of sulfonamides is 1. The van der Waals surface area contributed by atoms with Crippen molar-refractivity contribution in [2.45, 2.75) is 44.4 Å². The molecule has 5 nitrogen and oxygen atoms in total. The van der Waals surface area contributed by atoms with Crippen LogP contribution in [0.15, 0.2) is 23.1 Å². The monoisotopic (exact) mass is 336 g/mol. The minimum Gasteiger partial charge on any atom is -0.312 e. The lowest BCUT2D eigenvalue weighted by Crippen LogP contribution is -2.33. The molecule has 3 rings (SSSR count). The molecule has 6 heteroatoms. The molecular formula is C17H24N2O3S. The molecule has 1 aliphatic carbocycles. The standard InChI is InChI=1S/C17H24N2O3S/c1-3-9-18(12-14-4-5-14)23(21,22)16-6-7-17-15(11-16)8-10-19(17)13(2)20/h6-7,11,14H,3-5,8-10,12H2,1-2H3. The first-order chi connectivity index (χ1) is 10.9. The summed E-state index contributed by atoms with van der Waals surface area (Å²) < 4.78 is 27.5. The Morgan fingerprint density at radius 3 is 2.70 bits per heavy atom. The van der Waals surface area contributed by atoms with E-state index < -0.39 is 10.0 Å². The molecule has 0 atom stereocenters. The summed E-state index contributed by atoms with van der Waals surface area (Å²) in [4.78, 5) is 13.7. The van der Waals surface area contributed by atoms with Gasteiger partial charge in [0.1, 0.15) is 0 Å². The van der Waals surface area contributed by atoms with Crippen molar-refractivity contribution < 1.29 is 13.2 Å². The van der Waals surface area contributed by atoms with E-state index in [-0.39, 0.29) is 5.91 Å². The van der Waals surface area contributed by atoms with Gasteiger partial charge in [-0.25, -0.2) is 8.42 Å². The first-order valence-electron chi connectivity index (χ1n) is 8.34. The Bertz CT molecular complexity index is 711. The molecule has 126 valence electrons. The molecule has 0 unspecified atom stereocenters. The van der Waals surface area contributed by atoms with E-state index in [1.165, 1.54) is 0 Å². The predicted molar refractivity (Wildman–Crippen MR) is 89.9 cm³/mol. The highest BCUT2D eigenvalue weighted by atomic mass is 32.2. The van der Waals surface area contributed by atoms with Crippen molar-refractivity contribution in [3.8, 4) is 0 Å². The van der Waals surface area contributed by atoms with E-state index in [2.05, 4.69) is 0 Å². The van der Waals surface area contributed by atoms with E-state index in [4.69, 9.17) is 0 Å². The van der Waals surface area contributed by atoms with Gasteiger partial charge in [0.2, 0.25) is 15.9 Å². The fraction of sp³-hybridized carbons (Fsp3) is 0.588. The quantitative estimate of drug-likeness (QED) is 0.801. The van der Waals surface area contributed by atoms with Crippen LogP contribution < -0.4 is 4.90 Å². The molecule has 1 aliphatic heterocycles. The van der Waals surface area contributed by atoms with Crippen LogP contribution in [-0.4, -0.2) is 38.3 Å². The number of amides is 1. The van der Waals surface area contributed by atoms with Crippen molar-refractivity contribution in [2.75, 3.05) is 24.5 Å². The molecular weight excluding hydrogens is 312 g/mol. The Morgan fingerprint density at radius 2 is 2.09 bits per heavy atom. The Labute approximate surface area is 138 Å². The Balaban J connectivity index is 1.89. The van der Waals surface area contributed by atoms with Gasteiger partial charge in [0.05, 0.1) is 4.90 Å². The van der Waals surface area contributed by atoms with Crippen molar-refractivity contribution in [1.82, 2.24) is 4.31 Å². The summed E-state index contributed by atoms with van der Waals surface area (Å²) in [6.45, 7) is 5.37. The number of benzene rings is 1. The van der Waals surface area contributed by atoms with Gasteiger partial charge in [-0.15, -0.1) is 0 Å². The third-order valence-electron chi connectivity index (χ3n) is 4.60. The van der Waals surface area contributed by atoms with Crippen LogP contribution in [-0.2, 0) is 21.2 Å². The number of hydrogen-bond donors (Lipinski definition) is 0. The van der Waals surface area contributed by atoms with Crippen LogP contribution in [0.2, 0.25) is 0 Å². The molecule has 1 aromatic rings. The van der Waals surface area contributed by atoms with E-state index in [9.17, 15) is 13.2 Å². The topological polar surface area (TPSA) is 57.7 Å². The summed E-state index contributed by atoms with van der Waals surface area (Å²) in [6.07, 6.45) is 3.80. The number of fused-ring (bicyclic) bond motifs is 1. The molecule has 1 saturated carbocycles. The zero-order chi connectivity index (χ0) is 16.6. The van der Waals surface area contributed by atoms with Crippen molar-refractivity contribution in [3.05, 3.63) is 23.8 Å². The summed E-state index contributed by atoms with van der Waals surface area (Å²) in [5.74, 6) is 0.527. The minimum atomic E-state index is -3.45. The minimum absolute atomic E-state index is 0.000648. The number of carbonyl (C=O) groups excluding carboxylic acids is 1. The van der Waals surface area contributed by atoms with Crippen LogP contribution >= 0.6 is 0 Å².